The van der Waals surface area contributed by atoms with Crippen molar-refractivity contribution in [1.82, 2.24) is 15.0 Å². The van der Waals surface area contributed by atoms with E-state index in [1.165, 1.54) is 25.3 Å². The summed E-state index contributed by atoms with van der Waals surface area (Å²) in [6.45, 7) is 0. The van der Waals surface area contributed by atoms with Gasteiger partial charge in [0.1, 0.15) is 11.9 Å². The van der Waals surface area contributed by atoms with Gasteiger partial charge < -0.3 is 10.1 Å². The number of hydrogen-bond donors (Lipinski definition) is 3. The van der Waals surface area contributed by atoms with E-state index in [0.29, 0.717) is 5.69 Å². The fraction of sp³-hybridized carbons (Fsp3) is 0.0909. The number of ether oxygens (including phenoxy) is 1. The van der Waals surface area contributed by atoms with Gasteiger partial charge in [0.2, 0.25) is 11.9 Å². The van der Waals surface area contributed by atoms with Gasteiger partial charge in [-0.05, 0) is 18.2 Å². The van der Waals surface area contributed by atoms with Crippen molar-refractivity contribution in [2.75, 3.05) is 17.9 Å². The van der Waals surface area contributed by atoms with Crippen molar-refractivity contribution in [3.63, 3.8) is 0 Å². The monoisotopic (exact) mass is 275 g/mol. The Balaban J connectivity index is 2.32. The number of nitrogens with zero attached hydrogens (tertiary/aromatic N) is 4. The SMILES string of the molecule is COc1nc(NN)nc(Nc2ccc(F)c(C#N)c2)n1. The number of nitriles is 1. The molecule has 4 N–H and O–H groups in total. The third kappa shape index (κ3) is 2.88. The third-order valence-electron chi connectivity index (χ3n) is 2.27. The number of anilines is 3. The summed E-state index contributed by atoms with van der Waals surface area (Å²) in [7, 11) is 1.39. The van der Waals surface area contributed by atoms with Crippen molar-refractivity contribution in [2.45, 2.75) is 0 Å². The van der Waals surface area contributed by atoms with Crippen LogP contribution in [0.2, 0.25) is 0 Å². The summed E-state index contributed by atoms with van der Waals surface area (Å²) in [6.07, 6.45) is 0. The number of hydrogen-bond acceptors (Lipinski definition) is 8. The first-order chi connectivity index (χ1) is 9.66. The lowest BCUT2D eigenvalue weighted by atomic mass is 10.2. The highest BCUT2D eigenvalue weighted by Crippen LogP contribution is 2.18. The van der Waals surface area contributed by atoms with Crippen molar-refractivity contribution in [1.29, 1.82) is 5.26 Å². The van der Waals surface area contributed by atoms with E-state index in [-0.39, 0.29) is 23.5 Å². The minimum atomic E-state index is -0.601. The molecule has 0 aliphatic rings. The Labute approximate surface area is 113 Å². The zero-order valence-corrected chi connectivity index (χ0v) is 10.4. The number of halogens is 1. The molecule has 0 bridgehead atoms. The van der Waals surface area contributed by atoms with Gasteiger partial charge in [-0.25, -0.2) is 10.2 Å². The lowest BCUT2D eigenvalue weighted by Crippen LogP contribution is -2.13. The minimum absolute atomic E-state index is 0.0538. The molecule has 0 radical (unpaired) electrons. The zero-order chi connectivity index (χ0) is 14.5. The fourth-order valence-corrected chi connectivity index (χ4v) is 1.39. The molecule has 1 aromatic carbocycles. The number of methoxy groups -OCH3 is 1. The Hall–Kier alpha value is -2.99. The summed E-state index contributed by atoms with van der Waals surface area (Å²) in [4.78, 5) is 11.7. The molecule has 20 heavy (non-hydrogen) atoms. The number of rotatable bonds is 4. The maximum Gasteiger partial charge on any atom is 0.322 e. The average Bonchev–Trinajstić information content (AvgIpc) is 2.48. The first-order valence-electron chi connectivity index (χ1n) is 5.39. The predicted molar refractivity (Wildman–Crippen MR) is 68.6 cm³/mol. The molecule has 0 saturated heterocycles. The van der Waals surface area contributed by atoms with Crippen molar-refractivity contribution in [3.8, 4) is 12.1 Å². The largest absolute Gasteiger partial charge is 0.467 e. The number of aromatic nitrogens is 3. The van der Waals surface area contributed by atoms with Crippen molar-refractivity contribution in [3.05, 3.63) is 29.6 Å². The maximum absolute atomic E-state index is 13.2. The van der Waals surface area contributed by atoms with Gasteiger partial charge in [0, 0.05) is 5.69 Å². The second-order valence-corrected chi connectivity index (χ2v) is 3.55. The number of benzene rings is 1. The van der Waals surface area contributed by atoms with E-state index in [9.17, 15) is 4.39 Å². The molecule has 2 rings (SSSR count). The van der Waals surface area contributed by atoms with Crippen LogP contribution in [0.4, 0.5) is 22.0 Å². The first-order valence-corrected chi connectivity index (χ1v) is 5.39. The Morgan fingerprint density at radius 1 is 1.30 bits per heavy atom. The molecule has 0 unspecified atom stereocenters. The maximum atomic E-state index is 13.2. The van der Waals surface area contributed by atoms with Crippen molar-refractivity contribution in [2.24, 2.45) is 5.84 Å². The van der Waals surface area contributed by atoms with Gasteiger partial charge in [-0.2, -0.15) is 20.2 Å². The van der Waals surface area contributed by atoms with Crippen LogP contribution in [0.15, 0.2) is 18.2 Å². The fourth-order valence-electron chi connectivity index (χ4n) is 1.39. The van der Waals surface area contributed by atoms with Gasteiger partial charge >= 0.3 is 6.01 Å². The van der Waals surface area contributed by atoms with Gasteiger partial charge in [0.15, 0.2) is 0 Å². The molecule has 8 nitrogen and oxygen atoms in total. The minimum Gasteiger partial charge on any atom is -0.467 e. The van der Waals surface area contributed by atoms with Gasteiger partial charge in [-0.3, -0.25) is 5.43 Å². The molecule has 0 aliphatic carbocycles. The quantitative estimate of drug-likeness (QED) is 0.556. The molecule has 0 atom stereocenters. The van der Waals surface area contributed by atoms with Crippen LogP contribution in [0.25, 0.3) is 0 Å². The van der Waals surface area contributed by atoms with E-state index in [4.69, 9.17) is 15.8 Å². The molecular weight excluding hydrogens is 265 g/mol. The smallest absolute Gasteiger partial charge is 0.322 e. The summed E-state index contributed by atoms with van der Waals surface area (Å²) >= 11 is 0. The number of nitrogen functional groups attached to an aromatic ring is 1. The van der Waals surface area contributed by atoms with Crippen LogP contribution in [-0.4, -0.2) is 22.1 Å². The van der Waals surface area contributed by atoms with E-state index in [1.54, 1.807) is 6.07 Å². The van der Waals surface area contributed by atoms with Crippen LogP contribution < -0.4 is 21.3 Å². The predicted octanol–water partition coefficient (Wildman–Crippen LogP) is 0.920. The van der Waals surface area contributed by atoms with E-state index in [0.717, 1.165) is 0 Å². The third-order valence-corrected chi connectivity index (χ3v) is 2.27. The van der Waals surface area contributed by atoms with Crippen LogP contribution >= 0.6 is 0 Å². The highest BCUT2D eigenvalue weighted by Gasteiger charge is 2.08. The topological polar surface area (TPSA) is 122 Å². The Morgan fingerprint density at radius 3 is 2.70 bits per heavy atom. The van der Waals surface area contributed by atoms with Gasteiger partial charge in [-0.15, -0.1) is 0 Å². The van der Waals surface area contributed by atoms with Crippen LogP contribution in [0.3, 0.4) is 0 Å². The average molecular weight is 275 g/mol. The summed E-state index contributed by atoms with van der Waals surface area (Å²) in [5.74, 6) is 4.86. The van der Waals surface area contributed by atoms with Gasteiger partial charge in [0.25, 0.3) is 0 Å². The molecule has 9 heteroatoms. The van der Waals surface area contributed by atoms with Crippen molar-refractivity contribution < 1.29 is 9.13 Å². The zero-order valence-electron chi connectivity index (χ0n) is 10.4. The van der Waals surface area contributed by atoms with Crippen LogP contribution in [0.1, 0.15) is 5.56 Å². The molecule has 0 fully saturated rings. The van der Waals surface area contributed by atoms with Gasteiger partial charge in [-0.1, -0.05) is 0 Å². The molecule has 1 aromatic heterocycles. The number of nitrogens with two attached hydrogens (primary N) is 1. The van der Waals surface area contributed by atoms with E-state index in [2.05, 4.69) is 25.7 Å². The summed E-state index contributed by atoms with van der Waals surface area (Å²) in [5.41, 5.74) is 2.62. The molecule has 102 valence electrons. The molecule has 1 heterocycles. The van der Waals surface area contributed by atoms with Crippen LogP contribution in [0.5, 0.6) is 6.01 Å². The highest BCUT2D eigenvalue weighted by molar-refractivity contribution is 5.57. The number of hydrazine groups is 1. The van der Waals surface area contributed by atoms with E-state index in [1.807, 2.05) is 0 Å². The molecule has 0 aliphatic heterocycles. The molecule has 0 amide bonds. The lowest BCUT2D eigenvalue weighted by molar-refractivity contribution is 0.379. The highest BCUT2D eigenvalue weighted by atomic mass is 19.1. The second kappa shape index (κ2) is 5.77. The van der Waals surface area contributed by atoms with Crippen molar-refractivity contribution >= 4 is 17.6 Å². The molecule has 0 saturated carbocycles. The standard InChI is InChI=1S/C11H10FN7O/c1-20-11-17-9(16-10(18-11)19-14)15-7-2-3-8(12)6(4-7)5-13/h2-4H,14H2,1H3,(H2,15,16,17,18,19). The summed E-state index contributed by atoms with van der Waals surface area (Å²) in [6, 6.07) is 5.74. The second-order valence-electron chi connectivity index (χ2n) is 3.55. The van der Waals surface area contributed by atoms with Gasteiger partial charge in [0.05, 0.1) is 12.7 Å². The Morgan fingerprint density at radius 2 is 2.05 bits per heavy atom. The first kappa shape index (κ1) is 13.4. The normalized spacial score (nSPS) is 9.70. The van der Waals surface area contributed by atoms with E-state index >= 15 is 0 Å². The van der Waals surface area contributed by atoms with Crippen LogP contribution in [-0.2, 0) is 0 Å². The van der Waals surface area contributed by atoms with Crippen LogP contribution in [0, 0.1) is 17.1 Å². The van der Waals surface area contributed by atoms with E-state index < -0.39 is 5.82 Å². The Kier molecular flexibility index (Phi) is 3.88. The molecule has 2 aromatic rings. The lowest BCUT2D eigenvalue weighted by Gasteiger charge is -2.08. The number of nitrogens with one attached hydrogen (secondary N) is 2. The summed E-state index contributed by atoms with van der Waals surface area (Å²) < 4.78 is 18.1. The summed E-state index contributed by atoms with van der Waals surface area (Å²) in [5, 5.41) is 11.6. The molecule has 0 spiro atoms. The Bertz CT molecular complexity index is 648. The molecular formula is C11H10FN7O.